The molecule has 0 saturated heterocycles. The lowest BCUT2D eigenvalue weighted by atomic mass is 10.1. The molecule has 2 rings (SSSR count). The summed E-state index contributed by atoms with van der Waals surface area (Å²) < 4.78 is 6.01. The van der Waals surface area contributed by atoms with Gasteiger partial charge >= 0.3 is 0 Å². The number of hydrogen-bond donors (Lipinski definition) is 2. The predicted octanol–water partition coefficient (Wildman–Crippen LogP) is 3.19. The Bertz CT molecular complexity index is 743. The van der Waals surface area contributed by atoms with Crippen molar-refractivity contribution < 1.29 is 4.74 Å². The summed E-state index contributed by atoms with van der Waals surface area (Å²) in [6.07, 6.45) is 0.0352. The smallest absolute Gasteiger partial charge is 0.191 e. The summed E-state index contributed by atoms with van der Waals surface area (Å²) in [6.45, 7) is 6.45. The standard InChI is InChI=1S/C22H32N4O/c1-17-9-6-7-12-21(17)27-18(2)14-24-22(23-3)25-15-19-10-8-11-20(13-19)16-26(4)5/h6-13,18H,14-16H2,1-5H3,(H2,23,24,25). The number of ether oxygens (including phenoxy) is 1. The summed E-state index contributed by atoms with van der Waals surface area (Å²) in [6, 6.07) is 16.7. The van der Waals surface area contributed by atoms with Crippen molar-refractivity contribution in [3.05, 3.63) is 65.2 Å². The summed E-state index contributed by atoms with van der Waals surface area (Å²) in [5.74, 6) is 1.70. The third-order valence-corrected chi connectivity index (χ3v) is 4.15. The van der Waals surface area contributed by atoms with Crippen LogP contribution in [0.15, 0.2) is 53.5 Å². The molecular formula is C22H32N4O. The van der Waals surface area contributed by atoms with Gasteiger partial charge in [-0.25, -0.2) is 0 Å². The summed E-state index contributed by atoms with van der Waals surface area (Å²) in [5.41, 5.74) is 3.69. The van der Waals surface area contributed by atoms with Gasteiger partial charge in [0.05, 0.1) is 6.54 Å². The molecule has 5 nitrogen and oxygen atoms in total. The first kappa shape index (κ1) is 20.8. The second-order valence-electron chi connectivity index (χ2n) is 7.06. The van der Waals surface area contributed by atoms with E-state index >= 15 is 0 Å². The maximum Gasteiger partial charge on any atom is 0.191 e. The molecule has 2 aromatic carbocycles. The van der Waals surface area contributed by atoms with E-state index in [-0.39, 0.29) is 6.10 Å². The minimum Gasteiger partial charge on any atom is -0.489 e. The molecule has 0 bridgehead atoms. The SMILES string of the molecule is CN=C(NCc1cccc(CN(C)C)c1)NCC(C)Oc1ccccc1C. The lowest BCUT2D eigenvalue weighted by molar-refractivity contribution is 0.222. The third kappa shape index (κ3) is 7.31. The van der Waals surface area contributed by atoms with E-state index in [9.17, 15) is 0 Å². The van der Waals surface area contributed by atoms with Crippen molar-refractivity contribution in [3.8, 4) is 5.75 Å². The predicted molar refractivity (Wildman–Crippen MR) is 113 cm³/mol. The van der Waals surface area contributed by atoms with Crippen LogP contribution in [0.4, 0.5) is 0 Å². The summed E-state index contributed by atoms with van der Waals surface area (Å²) in [5, 5.41) is 6.70. The molecule has 0 saturated carbocycles. The maximum absolute atomic E-state index is 6.01. The van der Waals surface area contributed by atoms with Crippen molar-refractivity contribution in [3.63, 3.8) is 0 Å². The van der Waals surface area contributed by atoms with Gasteiger partial charge in [-0.3, -0.25) is 4.99 Å². The molecule has 0 aliphatic heterocycles. The van der Waals surface area contributed by atoms with E-state index < -0.39 is 0 Å². The summed E-state index contributed by atoms with van der Waals surface area (Å²) in [4.78, 5) is 6.47. The number of rotatable bonds is 8. The number of hydrogen-bond acceptors (Lipinski definition) is 3. The van der Waals surface area contributed by atoms with Crippen LogP contribution in [0.2, 0.25) is 0 Å². The molecule has 146 valence electrons. The van der Waals surface area contributed by atoms with E-state index in [2.05, 4.69) is 78.8 Å². The van der Waals surface area contributed by atoms with E-state index in [4.69, 9.17) is 4.74 Å². The molecule has 0 aromatic heterocycles. The zero-order valence-electron chi connectivity index (χ0n) is 17.1. The lowest BCUT2D eigenvalue weighted by Gasteiger charge is -2.19. The molecule has 0 heterocycles. The molecular weight excluding hydrogens is 336 g/mol. The molecule has 0 aliphatic carbocycles. The van der Waals surface area contributed by atoms with Crippen molar-refractivity contribution >= 4 is 5.96 Å². The van der Waals surface area contributed by atoms with Crippen LogP contribution in [0.5, 0.6) is 5.75 Å². The highest BCUT2D eigenvalue weighted by Crippen LogP contribution is 2.17. The normalized spacial score (nSPS) is 12.7. The third-order valence-electron chi connectivity index (χ3n) is 4.15. The molecule has 0 fully saturated rings. The van der Waals surface area contributed by atoms with E-state index in [1.165, 1.54) is 11.1 Å². The minimum atomic E-state index is 0.0352. The second-order valence-corrected chi connectivity index (χ2v) is 7.06. The molecule has 0 radical (unpaired) electrons. The molecule has 2 N–H and O–H groups in total. The van der Waals surface area contributed by atoms with Gasteiger partial charge in [-0.1, -0.05) is 42.5 Å². The molecule has 27 heavy (non-hydrogen) atoms. The topological polar surface area (TPSA) is 48.9 Å². The van der Waals surface area contributed by atoms with Gasteiger partial charge in [-0.15, -0.1) is 0 Å². The number of benzene rings is 2. The van der Waals surface area contributed by atoms with Crippen molar-refractivity contribution in [2.24, 2.45) is 4.99 Å². The average Bonchev–Trinajstić information content (AvgIpc) is 2.63. The molecule has 5 heteroatoms. The highest BCUT2D eigenvalue weighted by atomic mass is 16.5. The van der Waals surface area contributed by atoms with E-state index in [1.54, 1.807) is 7.05 Å². The second kappa shape index (κ2) is 10.6. The van der Waals surface area contributed by atoms with Crippen molar-refractivity contribution in [1.82, 2.24) is 15.5 Å². The first-order valence-electron chi connectivity index (χ1n) is 9.37. The van der Waals surface area contributed by atoms with Gasteiger partial charge in [0.1, 0.15) is 11.9 Å². The molecule has 0 amide bonds. The van der Waals surface area contributed by atoms with Crippen LogP contribution >= 0.6 is 0 Å². The quantitative estimate of drug-likeness (QED) is 0.555. The van der Waals surface area contributed by atoms with Crippen molar-refractivity contribution in [2.75, 3.05) is 27.7 Å². The monoisotopic (exact) mass is 368 g/mol. The van der Waals surface area contributed by atoms with Crippen LogP contribution in [0.1, 0.15) is 23.6 Å². The fourth-order valence-electron chi connectivity index (χ4n) is 2.80. The van der Waals surface area contributed by atoms with Gasteiger partial charge in [0.2, 0.25) is 0 Å². The number of nitrogens with one attached hydrogen (secondary N) is 2. The average molecular weight is 369 g/mol. The number of guanidine groups is 1. The highest BCUT2D eigenvalue weighted by Gasteiger charge is 2.07. The Labute approximate surface area is 163 Å². The van der Waals surface area contributed by atoms with Gasteiger partial charge in [-0.2, -0.15) is 0 Å². The Hall–Kier alpha value is -2.53. The Morgan fingerprint density at radius 2 is 1.81 bits per heavy atom. The largest absolute Gasteiger partial charge is 0.489 e. The number of para-hydroxylation sites is 1. The molecule has 2 aromatic rings. The first-order valence-corrected chi connectivity index (χ1v) is 9.37. The maximum atomic E-state index is 6.01. The zero-order chi connectivity index (χ0) is 19.6. The van der Waals surface area contributed by atoms with Gasteiger partial charge in [0.15, 0.2) is 5.96 Å². The summed E-state index contributed by atoms with van der Waals surface area (Å²) in [7, 11) is 5.94. The fourth-order valence-corrected chi connectivity index (χ4v) is 2.80. The lowest BCUT2D eigenvalue weighted by Crippen LogP contribution is -2.41. The van der Waals surface area contributed by atoms with Crippen LogP contribution in [0.25, 0.3) is 0 Å². The van der Waals surface area contributed by atoms with E-state index in [0.717, 1.165) is 30.4 Å². The zero-order valence-corrected chi connectivity index (χ0v) is 17.1. The number of aliphatic imine (C=N–C) groups is 1. The number of nitrogens with zero attached hydrogens (tertiary/aromatic N) is 2. The summed E-state index contributed by atoms with van der Waals surface area (Å²) >= 11 is 0. The number of aryl methyl sites for hydroxylation is 1. The van der Waals surface area contributed by atoms with E-state index in [1.807, 2.05) is 18.2 Å². The van der Waals surface area contributed by atoms with Gasteiger partial charge in [0, 0.05) is 20.1 Å². The van der Waals surface area contributed by atoms with Crippen LogP contribution in [0.3, 0.4) is 0 Å². The van der Waals surface area contributed by atoms with Crippen LogP contribution in [-0.4, -0.2) is 44.7 Å². The van der Waals surface area contributed by atoms with Crippen LogP contribution in [0, 0.1) is 6.92 Å². The molecule has 1 atom stereocenters. The Kier molecular flexibility index (Phi) is 8.14. The molecule has 0 aliphatic rings. The molecule has 0 spiro atoms. The fraction of sp³-hybridized carbons (Fsp3) is 0.409. The first-order chi connectivity index (χ1) is 13.0. The minimum absolute atomic E-state index is 0.0352. The van der Waals surface area contributed by atoms with E-state index in [0.29, 0.717) is 6.54 Å². The Balaban J connectivity index is 1.81. The van der Waals surface area contributed by atoms with Gasteiger partial charge in [0.25, 0.3) is 0 Å². The van der Waals surface area contributed by atoms with Gasteiger partial charge in [-0.05, 0) is 50.7 Å². The Morgan fingerprint density at radius 1 is 1.07 bits per heavy atom. The van der Waals surface area contributed by atoms with Crippen LogP contribution in [-0.2, 0) is 13.1 Å². The van der Waals surface area contributed by atoms with Gasteiger partial charge < -0.3 is 20.3 Å². The van der Waals surface area contributed by atoms with Crippen molar-refractivity contribution in [2.45, 2.75) is 33.0 Å². The Morgan fingerprint density at radius 3 is 2.52 bits per heavy atom. The molecule has 1 unspecified atom stereocenters. The van der Waals surface area contributed by atoms with Crippen LogP contribution < -0.4 is 15.4 Å². The highest BCUT2D eigenvalue weighted by molar-refractivity contribution is 5.79. The van der Waals surface area contributed by atoms with Crippen molar-refractivity contribution in [1.29, 1.82) is 0 Å².